The van der Waals surface area contributed by atoms with Gasteiger partial charge in [0.2, 0.25) is 0 Å². The lowest BCUT2D eigenvalue weighted by atomic mass is 10.2. The normalized spacial score (nSPS) is 17.2. The van der Waals surface area contributed by atoms with E-state index in [0.29, 0.717) is 31.9 Å². The fourth-order valence-electron chi connectivity index (χ4n) is 2.08. The van der Waals surface area contributed by atoms with Gasteiger partial charge in [-0.1, -0.05) is 17.7 Å². The van der Waals surface area contributed by atoms with Crippen LogP contribution < -0.4 is 10.1 Å². The third kappa shape index (κ3) is 5.36. The van der Waals surface area contributed by atoms with Crippen LogP contribution in [0.2, 0.25) is 0 Å². The van der Waals surface area contributed by atoms with Crippen LogP contribution >= 0.6 is 0 Å². The average Bonchev–Trinajstić information content (AvgIpc) is 2.47. The van der Waals surface area contributed by atoms with Crippen LogP contribution in [-0.2, 0) is 14.3 Å². The first-order valence-corrected chi connectivity index (χ1v) is 7.31. The lowest BCUT2D eigenvalue weighted by Crippen LogP contribution is -2.41. The second kappa shape index (κ2) is 7.43. The number of carbonyl (C=O) groups excluding carboxylic acids is 1. The zero-order valence-corrected chi connectivity index (χ0v) is 12.7. The highest BCUT2D eigenvalue weighted by atomic mass is 16.7. The van der Waals surface area contributed by atoms with Gasteiger partial charge in [0.1, 0.15) is 5.75 Å². The molecule has 1 aliphatic heterocycles. The number of rotatable bonds is 6. The molecule has 5 heteroatoms. The summed E-state index contributed by atoms with van der Waals surface area (Å²) in [6, 6.07) is 7.61. The first-order valence-electron chi connectivity index (χ1n) is 7.31. The van der Waals surface area contributed by atoms with Crippen molar-refractivity contribution in [3.8, 4) is 5.75 Å². The van der Waals surface area contributed by atoms with Crippen molar-refractivity contribution in [2.24, 2.45) is 0 Å². The molecule has 0 spiro atoms. The first kappa shape index (κ1) is 15.8. The van der Waals surface area contributed by atoms with Crippen molar-refractivity contribution in [3.63, 3.8) is 0 Å². The molecule has 0 radical (unpaired) electrons. The molecule has 21 heavy (non-hydrogen) atoms. The standard InChI is InChI=1S/C16H23NO4/c1-13-4-6-14(7-5-13)19-12-15(18)17-9-8-16(2)20-10-3-11-21-16/h4-7H,3,8-12H2,1-2H3,(H,17,18). The summed E-state index contributed by atoms with van der Waals surface area (Å²) in [5.41, 5.74) is 1.16. The monoisotopic (exact) mass is 293 g/mol. The second-order valence-electron chi connectivity index (χ2n) is 5.39. The van der Waals surface area contributed by atoms with Gasteiger partial charge in [-0.3, -0.25) is 4.79 Å². The largest absolute Gasteiger partial charge is 0.484 e. The van der Waals surface area contributed by atoms with E-state index in [9.17, 15) is 4.79 Å². The first-order chi connectivity index (χ1) is 10.1. The Morgan fingerprint density at radius 3 is 2.62 bits per heavy atom. The predicted octanol–water partition coefficient (Wildman–Crippen LogP) is 2.03. The Balaban J connectivity index is 1.64. The zero-order valence-electron chi connectivity index (χ0n) is 12.7. The van der Waals surface area contributed by atoms with Crippen molar-refractivity contribution in [2.45, 2.75) is 32.5 Å². The molecule has 5 nitrogen and oxygen atoms in total. The van der Waals surface area contributed by atoms with Crippen molar-refractivity contribution in [1.29, 1.82) is 0 Å². The van der Waals surface area contributed by atoms with E-state index >= 15 is 0 Å². The van der Waals surface area contributed by atoms with E-state index in [2.05, 4.69) is 5.32 Å². The molecule has 1 aliphatic rings. The van der Waals surface area contributed by atoms with E-state index in [0.717, 1.165) is 12.0 Å². The van der Waals surface area contributed by atoms with Crippen LogP contribution in [0.3, 0.4) is 0 Å². The molecule has 116 valence electrons. The summed E-state index contributed by atoms with van der Waals surface area (Å²) in [6.45, 7) is 5.85. The Bertz CT molecular complexity index is 452. The molecule has 1 N–H and O–H groups in total. The molecule has 2 rings (SSSR count). The van der Waals surface area contributed by atoms with Crippen LogP contribution in [0.15, 0.2) is 24.3 Å². The minimum atomic E-state index is -0.580. The summed E-state index contributed by atoms with van der Waals surface area (Å²) in [5.74, 6) is -0.0276. The number of aryl methyl sites for hydroxylation is 1. The Labute approximate surface area is 125 Å². The van der Waals surface area contributed by atoms with E-state index in [-0.39, 0.29) is 12.5 Å². The summed E-state index contributed by atoms with van der Waals surface area (Å²) in [6.07, 6.45) is 1.55. The van der Waals surface area contributed by atoms with Gasteiger partial charge in [-0.25, -0.2) is 0 Å². The molecule has 0 atom stereocenters. The number of ether oxygens (including phenoxy) is 3. The van der Waals surface area contributed by atoms with Gasteiger partial charge in [-0.05, 0) is 32.4 Å². The van der Waals surface area contributed by atoms with Gasteiger partial charge < -0.3 is 19.5 Å². The number of carbonyl (C=O) groups is 1. The number of amides is 1. The van der Waals surface area contributed by atoms with Gasteiger partial charge >= 0.3 is 0 Å². The smallest absolute Gasteiger partial charge is 0.257 e. The fourth-order valence-corrected chi connectivity index (χ4v) is 2.08. The van der Waals surface area contributed by atoms with Crippen molar-refractivity contribution in [1.82, 2.24) is 5.32 Å². The molecule has 1 fully saturated rings. The van der Waals surface area contributed by atoms with Crippen molar-refractivity contribution in [3.05, 3.63) is 29.8 Å². The van der Waals surface area contributed by atoms with Gasteiger partial charge in [0.25, 0.3) is 5.91 Å². The molecule has 0 unspecified atom stereocenters. The van der Waals surface area contributed by atoms with Crippen molar-refractivity contribution in [2.75, 3.05) is 26.4 Å². The highest BCUT2D eigenvalue weighted by Crippen LogP contribution is 2.21. The van der Waals surface area contributed by atoms with Crippen LogP contribution in [0, 0.1) is 6.92 Å². The summed E-state index contributed by atoms with van der Waals surface area (Å²) in [4.78, 5) is 11.7. The van der Waals surface area contributed by atoms with Crippen molar-refractivity contribution < 1.29 is 19.0 Å². The maximum absolute atomic E-state index is 11.7. The van der Waals surface area contributed by atoms with Gasteiger partial charge in [-0.15, -0.1) is 0 Å². The molecule has 1 saturated heterocycles. The number of benzene rings is 1. The Morgan fingerprint density at radius 1 is 1.29 bits per heavy atom. The molecule has 0 aliphatic carbocycles. The Kier molecular flexibility index (Phi) is 5.59. The molecule has 1 heterocycles. The Hall–Kier alpha value is -1.59. The van der Waals surface area contributed by atoms with E-state index in [1.807, 2.05) is 38.1 Å². The Morgan fingerprint density at radius 2 is 1.95 bits per heavy atom. The van der Waals surface area contributed by atoms with Crippen molar-refractivity contribution >= 4 is 5.91 Å². The molecular formula is C16H23NO4. The maximum Gasteiger partial charge on any atom is 0.257 e. The third-order valence-electron chi connectivity index (χ3n) is 3.40. The highest BCUT2D eigenvalue weighted by Gasteiger charge is 2.28. The summed E-state index contributed by atoms with van der Waals surface area (Å²) in [5, 5.41) is 2.81. The molecule has 1 aromatic rings. The molecule has 1 amide bonds. The van der Waals surface area contributed by atoms with E-state index in [1.165, 1.54) is 0 Å². The number of nitrogens with one attached hydrogen (secondary N) is 1. The van der Waals surface area contributed by atoms with Crippen LogP contribution in [0.5, 0.6) is 5.75 Å². The highest BCUT2D eigenvalue weighted by molar-refractivity contribution is 5.77. The van der Waals surface area contributed by atoms with Crippen LogP contribution in [0.4, 0.5) is 0 Å². The number of hydrogen-bond donors (Lipinski definition) is 1. The van der Waals surface area contributed by atoms with Gasteiger partial charge in [0, 0.05) is 13.0 Å². The predicted molar refractivity (Wildman–Crippen MR) is 79.2 cm³/mol. The SMILES string of the molecule is Cc1ccc(OCC(=O)NCCC2(C)OCCCO2)cc1. The maximum atomic E-state index is 11.7. The van der Waals surface area contributed by atoms with Gasteiger partial charge in [-0.2, -0.15) is 0 Å². The van der Waals surface area contributed by atoms with E-state index < -0.39 is 5.79 Å². The minimum Gasteiger partial charge on any atom is -0.484 e. The third-order valence-corrected chi connectivity index (χ3v) is 3.40. The van der Waals surface area contributed by atoms with Crippen LogP contribution in [0.1, 0.15) is 25.3 Å². The van der Waals surface area contributed by atoms with E-state index in [4.69, 9.17) is 14.2 Å². The fraction of sp³-hybridized carbons (Fsp3) is 0.562. The summed E-state index contributed by atoms with van der Waals surface area (Å²) < 4.78 is 16.6. The molecule has 0 aromatic heterocycles. The quantitative estimate of drug-likeness (QED) is 0.872. The molecule has 0 bridgehead atoms. The second-order valence-corrected chi connectivity index (χ2v) is 5.39. The van der Waals surface area contributed by atoms with Gasteiger partial charge in [0.05, 0.1) is 13.2 Å². The average molecular weight is 293 g/mol. The molecular weight excluding hydrogens is 270 g/mol. The van der Waals surface area contributed by atoms with Crippen LogP contribution in [0.25, 0.3) is 0 Å². The zero-order chi connectivity index (χ0) is 15.1. The molecule has 1 aromatic carbocycles. The summed E-state index contributed by atoms with van der Waals surface area (Å²) in [7, 11) is 0. The lowest BCUT2D eigenvalue weighted by Gasteiger charge is -2.33. The number of hydrogen-bond acceptors (Lipinski definition) is 4. The summed E-state index contributed by atoms with van der Waals surface area (Å²) >= 11 is 0. The van der Waals surface area contributed by atoms with Gasteiger partial charge in [0.15, 0.2) is 12.4 Å². The van der Waals surface area contributed by atoms with E-state index in [1.54, 1.807) is 0 Å². The molecule has 0 saturated carbocycles. The topological polar surface area (TPSA) is 56.8 Å². The minimum absolute atomic E-state index is 0.0154. The van der Waals surface area contributed by atoms with Crippen LogP contribution in [-0.4, -0.2) is 38.1 Å². The lowest BCUT2D eigenvalue weighted by molar-refractivity contribution is -0.257.